The van der Waals surface area contributed by atoms with Gasteiger partial charge in [-0.05, 0) is 26.2 Å². The minimum Gasteiger partial charge on any atom is -0.347 e. The number of benzene rings is 1. The molecule has 1 heterocycles. The van der Waals surface area contributed by atoms with Crippen molar-refractivity contribution in [1.29, 1.82) is 0 Å². The first-order chi connectivity index (χ1) is 11.9. The number of hydrogen-bond acceptors (Lipinski definition) is 5. The molecular weight excluding hydrogens is 322 g/mol. The number of nitrogens with one attached hydrogen (secondary N) is 2. The lowest BCUT2D eigenvalue weighted by molar-refractivity contribution is -0.136. The van der Waals surface area contributed by atoms with Crippen molar-refractivity contribution in [2.24, 2.45) is 7.05 Å². The van der Waals surface area contributed by atoms with Crippen molar-refractivity contribution in [2.45, 2.75) is 0 Å². The van der Waals surface area contributed by atoms with Gasteiger partial charge in [0.15, 0.2) is 5.82 Å². The molecule has 0 bridgehead atoms. The van der Waals surface area contributed by atoms with Gasteiger partial charge < -0.3 is 20.1 Å². The number of likely N-dealkylation sites (N-methyl/N-ethyl adjacent to an activating group) is 1. The zero-order chi connectivity index (χ0) is 18.4. The molecular formula is C17H21N5O3. The van der Waals surface area contributed by atoms with E-state index >= 15 is 0 Å². The van der Waals surface area contributed by atoms with Crippen LogP contribution in [0, 0.1) is 0 Å². The molecule has 0 saturated carbocycles. The molecule has 0 unspecified atom stereocenters. The number of carbonyl (C=O) groups is 3. The molecule has 0 atom stereocenters. The normalized spacial score (nSPS) is 10.6. The zero-order valence-electron chi connectivity index (χ0n) is 14.4. The number of aromatic nitrogens is 2. The molecule has 2 aromatic rings. The Morgan fingerprint density at radius 1 is 1.20 bits per heavy atom. The molecule has 132 valence electrons. The van der Waals surface area contributed by atoms with Crippen molar-refractivity contribution in [3.8, 4) is 0 Å². The Morgan fingerprint density at radius 3 is 2.60 bits per heavy atom. The second kappa shape index (κ2) is 8.20. The second-order valence-electron chi connectivity index (χ2n) is 5.78. The van der Waals surface area contributed by atoms with Gasteiger partial charge in [0.1, 0.15) is 0 Å². The second-order valence-corrected chi connectivity index (χ2v) is 5.78. The number of aryl methyl sites for hydroxylation is 1. The third kappa shape index (κ3) is 4.98. The molecule has 25 heavy (non-hydrogen) atoms. The summed E-state index contributed by atoms with van der Waals surface area (Å²) in [6, 6.07) is 6.39. The number of hydrogen-bond donors (Lipinski definition) is 2. The van der Waals surface area contributed by atoms with E-state index in [1.54, 1.807) is 36.0 Å². The minimum absolute atomic E-state index is 0.265. The minimum atomic E-state index is -0.777. The van der Waals surface area contributed by atoms with E-state index in [2.05, 4.69) is 15.6 Å². The van der Waals surface area contributed by atoms with Crippen LogP contribution in [0.25, 0.3) is 0 Å². The van der Waals surface area contributed by atoms with Crippen LogP contribution in [0.2, 0.25) is 0 Å². The van der Waals surface area contributed by atoms with Crippen LogP contribution in [0.3, 0.4) is 0 Å². The summed E-state index contributed by atoms with van der Waals surface area (Å²) in [6.45, 7) is 1.00. The van der Waals surface area contributed by atoms with Gasteiger partial charge in [-0.1, -0.05) is 12.1 Å². The summed E-state index contributed by atoms with van der Waals surface area (Å²) in [5, 5.41) is 5.02. The lowest BCUT2D eigenvalue weighted by atomic mass is 10.1. The number of ketones is 1. The molecule has 0 saturated heterocycles. The average molecular weight is 343 g/mol. The Balaban J connectivity index is 2.01. The molecule has 2 N–H and O–H groups in total. The smallest absolute Gasteiger partial charge is 0.313 e. The van der Waals surface area contributed by atoms with E-state index < -0.39 is 11.8 Å². The van der Waals surface area contributed by atoms with E-state index in [0.717, 1.165) is 0 Å². The molecule has 1 aromatic heterocycles. The van der Waals surface area contributed by atoms with Crippen LogP contribution in [-0.4, -0.2) is 59.2 Å². The van der Waals surface area contributed by atoms with Gasteiger partial charge in [-0.25, -0.2) is 4.98 Å². The predicted octanol–water partition coefficient (Wildman–Crippen LogP) is 0.267. The highest BCUT2D eigenvalue weighted by atomic mass is 16.2. The largest absolute Gasteiger partial charge is 0.347 e. The summed E-state index contributed by atoms with van der Waals surface area (Å²) in [4.78, 5) is 42.0. The highest BCUT2D eigenvalue weighted by molar-refractivity contribution is 6.39. The number of anilines is 1. The summed E-state index contributed by atoms with van der Waals surface area (Å²) >= 11 is 0. The Morgan fingerprint density at radius 2 is 1.96 bits per heavy atom. The molecule has 8 heteroatoms. The maximum atomic E-state index is 12.4. The van der Waals surface area contributed by atoms with Gasteiger partial charge >= 0.3 is 11.8 Å². The fraction of sp³-hybridized carbons (Fsp3) is 0.294. The van der Waals surface area contributed by atoms with Crippen LogP contribution in [0.1, 0.15) is 16.2 Å². The number of rotatable bonds is 6. The van der Waals surface area contributed by atoms with E-state index in [1.165, 1.54) is 12.3 Å². The van der Waals surface area contributed by atoms with Gasteiger partial charge in [0.05, 0.1) is 0 Å². The summed E-state index contributed by atoms with van der Waals surface area (Å²) in [5.41, 5.74) is 0.743. The van der Waals surface area contributed by atoms with Crippen LogP contribution in [0.5, 0.6) is 0 Å². The van der Waals surface area contributed by atoms with Crippen molar-refractivity contribution in [1.82, 2.24) is 19.8 Å². The quantitative estimate of drug-likeness (QED) is 0.580. The standard InChI is InChI=1S/C17H21N5O3/c1-21(2)9-7-19-16(24)17(25)20-13-6-4-5-12(11-13)14(23)15-18-8-10-22(15)3/h4-6,8,10-11H,7,9H2,1-3H3,(H,19,24)(H,20,25). The number of imidazole rings is 1. The first-order valence-electron chi connectivity index (χ1n) is 7.74. The Bertz CT molecular complexity index is 782. The number of nitrogens with zero attached hydrogens (tertiary/aromatic N) is 3. The van der Waals surface area contributed by atoms with Crippen molar-refractivity contribution in [2.75, 3.05) is 32.5 Å². The first kappa shape index (κ1) is 18.3. The maximum absolute atomic E-state index is 12.4. The summed E-state index contributed by atoms with van der Waals surface area (Å²) < 4.78 is 1.62. The predicted molar refractivity (Wildman–Crippen MR) is 93.3 cm³/mol. The van der Waals surface area contributed by atoms with E-state index in [4.69, 9.17) is 0 Å². The SMILES string of the molecule is CN(C)CCNC(=O)C(=O)Nc1cccc(C(=O)c2nccn2C)c1. The Hall–Kier alpha value is -3.00. The zero-order valence-corrected chi connectivity index (χ0v) is 14.4. The van der Waals surface area contributed by atoms with Crippen LogP contribution in [0.4, 0.5) is 5.69 Å². The van der Waals surface area contributed by atoms with Gasteiger partial charge in [0.2, 0.25) is 5.78 Å². The molecule has 0 fully saturated rings. The maximum Gasteiger partial charge on any atom is 0.313 e. The molecule has 8 nitrogen and oxygen atoms in total. The van der Waals surface area contributed by atoms with Gasteiger partial charge in [-0.3, -0.25) is 14.4 Å². The fourth-order valence-corrected chi connectivity index (χ4v) is 2.11. The molecule has 2 amide bonds. The molecule has 0 aliphatic heterocycles. The molecule has 0 spiro atoms. The topological polar surface area (TPSA) is 96.3 Å². The third-order valence-corrected chi connectivity index (χ3v) is 3.46. The van der Waals surface area contributed by atoms with Crippen molar-refractivity contribution in [3.05, 3.63) is 48.0 Å². The van der Waals surface area contributed by atoms with E-state index in [0.29, 0.717) is 30.2 Å². The first-order valence-corrected chi connectivity index (χ1v) is 7.74. The fourth-order valence-electron chi connectivity index (χ4n) is 2.11. The van der Waals surface area contributed by atoms with E-state index in [1.807, 2.05) is 19.0 Å². The lowest BCUT2D eigenvalue weighted by Crippen LogP contribution is -2.38. The van der Waals surface area contributed by atoms with Crippen molar-refractivity contribution < 1.29 is 14.4 Å². The highest BCUT2D eigenvalue weighted by Gasteiger charge is 2.16. The Kier molecular flexibility index (Phi) is 6.02. The van der Waals surface area contributed by atoms with Crippen molar-refractivity contribution in [3.63, 3.8) is 0 Å². The molecule has 0 aliphatic rings. The molecule has 2 rings (SSSR count). The monoisotopic (exact) mass is 343 g/mol. The molecule has 0 radical (unpaired) electrons. The third-order valence-electron chi connectivity index (χ3n) is 3.46. The van der Waals surface area contributed by atoms with Crippen LogP contribution >= 0.6 is 0 Å². The summed E-state index contributed by atoms with van der Waals surface area (Å²) in [6.07, 6.45) is 3.22. The highest BCUT2D eigenvalue weighted by Crippen LogP contribution is 2.14. The summed E-state index contributed by atoms with van der Waals surface area (Å²) in [7, 11) is 5.47. The number of amides is 2. The average Bonchev–Trinajstić information content (AvgIpc) is 3.00. The van der Waals surface area contributed by atoms with Gasteiger partial charge in [0, 0.05) is 43.8 Å². The van der Waals surface area contributed by atoms with Gasteiger partial charge in [-0.2, -0.15) is 0 Å². The van der Waals surface area contributed by atoms with Crippen molar-refractivity contribution >= 4 is 23.3 Å². The van der Waals surface area contributed by atoms with Crippen LogP contribution in [-0.2, 0) is 16.6 Å². The Labute approximate surface area is 145 Å². The molecule has 0 aliphatic carbocycles. The van der Waals surface area contributed by atoms with Gasteiger partial charge in [-0.15, -0.1) is 0 Å². The van der Waals surface area contributed by atoms with E-state index in [-0.39, 0.29) is 5.78 Å². The lowest BCUT2D eigenvalue weighted by Gasteiger charge is -2.10. The molecule has 1 aromatic carbocycles. The van der Waals surface area contributed by atoms with Crippen LogP contribution in [0.15, 0.2) is 36.7 Å². The van der Waals surface area contributed by atoms with Gasteiger partial charge in [0.25, 0.3) is 0 Å². The van der Waals surface area contributed by atoms with E-state index in [9.17, 15) is 14.4 Å². The number of carbonyl (C=O) groups excluding carboxylic acids is 3. The summed E-state index contributed by atoms with van der Waals surface area (Å²) in [5.74, 6) is -1.47. The van der Waals surface area contributed by atoms with Crippen LogP contribution < -0.4 is 10.6 Å².